The first-order chi connectivity index (χ1) is 12.9. The number of rotatable bonds is 4. The molecule has 3 rings (SSSR count). The molecule has 0 spiro atoms. The number of epoxide rings is 1. The maximum atomic E-state index is 12.6. The van der Waals surface area contributed by atoms with Gasteiger partial charge in [0.15, 0.2) is 0 Å². The number of esters is 2. The minimum absolute atomic E-state index is 0.0236. The predicted octanol–water partition coefficient (Wildman–Crippen LogP) is 3.16. The van der Waals surface area contributed by atoms with Gasteiger partial charge in [0.1, 0.15) is 18.3 Å². The van der Waals surface area contributed by atoms with Crippen molar-refractivity contribution in [3.05, 3.63) is 11.6 Å². The summed E-state index contributed by atoms with van der Waals surface area (Å²) in [6.07, 6.45) is 2.22. The van der Waals surface area contributed by atoms with Crippen molar-refractivity contribution < 1.29 is 28.9 Å². The summed E-state index contributed by atoms with van der Waals surface area (Å²) in [4.78, 5) is 24.5. The summed E-state index contributed by atoms with van der Waals surface area (Å²) in [7, 11) is 0. The van der Waals surface area contributed by atoms with E-state index < -0.39 is 28.8 Å². The van der Waals surface area contributed by atoms with Gasteiger partial charge < -0.3 is 19.3 Å². The molecule has 0 aromatic rings. The van der Waals surface area contributed by atoms with Crippen molar-refractivity contribution in [1.82, 2.24) is 0 Å². The molecule has 3 aliphatic rings. The molecule has 2 aliphatic carbocycles. The van der Waals surface area contributed by atoms with Crippen molar-refractivity contribution >= 4 is 11.9 Å². The van der Waals surface area contributed by atoms with Crippen LogP contribution in [0, 0.1) is 17.3 Å². The Morgan fingerprint density at radius 3 is 2.36 bits per heavy atom. The number of allylic oxidation sites excluding steroid dienone is 1. The quantitative estimate of drug-likeness (QED) is 0.448. The van der Waals surface area contributed by atoms with Crippen LogP contribution in [0.25, 0.3) is 0 Å². The van der Waals surface area contributed by atoms with Crippen molar-refractivity contribution in [2.24, 2.45) is 17.3 Å². The van der Waals surface area contributed by atoms with Crippen LogP contribution >= 0.6 is 0 Å². The topological polar surface area (TPSA) is 85.4 Å². The summed E-state index contributed by atoms with van der Waals surface area (Å²) in [6.45, 7) is 12.9. The summed E-state index contributed by atoms with van der Waals surface area (Å²) in [6, 6.07) is 0. The van der Waals surface area contributed by atoms with Gasteiger partial charge in [-0.15, -0.1) is 0 Å². The van der Waals surface area contributed by atoms with Crippen molar-refractivity contribution in [3.63, 3.8) is 0 Å². The first-order valence-electron chi connectivity index (χ1n) is 10.3. The van der Waals surface area contributed by atoms with Crippen molar-refractivity contribution in [1.29, 1.82) is 0 Å². The monoisotopic (exact) mass is 394 g/mol. The van der Waals surface area contributed by atoms with Crippen LogP contribution in [0.2, 0.25) is 0 Å². The first kappa shape index (κ1) is 21.3. The Kier molecular flexibility index (Phi) is 5.20. The van der Waals surface area contributed by atoms with Crippen LogP contribution in [0.5, 0.6) is 0 Å². The molecule has 1 aliphatic heterocycles. The Balaban J connectivity index is 2.07. The molecule has 3 fully saturated rings. The van der Waals surface area contributed by atoms with E-state index in [0.717, 1.165) is 0 Å². The molecule has 1 saturated heterocycles. The Bertz CT molecular complexity index is 699. The number of hydrogen-bond acceptors (Lipinski definition) is 6. The van der Waals surface area contributed by atoms with E-state index in [9.17, 15) is 14.7 Å². The Hall–Kier alpha value is -1.40. The third-order valence-corrected chi connectivity index (χ3v) is 7.46. The molecular formula is C22H34O6. The van der Waals surface area contributed by atoms with Crippen molar-refractivity contribution in [3.8, 4) is 0 Å². The van der Waals surface area contributed by atoms with Gasteiger partial charge in [0, 0.05) is 30.3 Å². The number of hydrogen-bond donors (Lipinski definition) is 1. The van der Waals surface area contributed by atoms with Gasteiger partial charge in [0.05, 0.1) is 11.2 Å². The number of ether oxygens (including phenoxy) is 3. The lowest BCUT2D eigenvalue weighted by molar-refractivity contribution is -0.181. The van der Waals surface area contributed by atoms with E-state index in [1.54, 1.807) is 19.9 Å². The van der Waals surface area contributed by atoms with E-state index >= 15 is 0 Å². The van der Waals surface area contributed by atoms with Gasteiger partial charge in [-0.1, -0.05) is 26.8 Å². The van der Waals surface area contributed by atoms with Crippen LogP contribution in [0.4, 0.5) is 0 Å². The predicted molar refractivity (Wildman–Crippen MR) is 103 cm³/mol. The Morgan fingerprint density at radius 1 is 1.18 bits per heavy atom. The molecule has 7 atom stereocenters. The fourth-order valence-corrected chi connectivity index (χ4v) is 5.56. The molecule has 28 heavy (non-hydrogen) atoms. The highest BCUT2D eigenvalue weighted by Gasteiger charge is 2.73. The summed E-state index contributed by atoms with van der Waals surface area (Å²) in [5, 5.41) is 11.7. The zero-order valence-corrected chi connectivity index (χ0v) is 18.1. The lowest BCUT2D eigenvalue weighted by Gasteiger charge is -2.45. The molecule has 0 radical (unpaired) electrons. The molecule has 1 heterocycles. The molecular weight excluding hydrogens is 360 g/mol. The average Bonchev–Trinajstić information content (AvgIpc) is 3.17. The van der Waals surface area contributed by atoms with Crippen molar-refractivity contribution in [2.45, 2.75) is 97.2 Å². The van der Waals surface area contributed by atoms with Gasteiger partial charge in [0.25, 0.3) is 0 Å². The summed E-state index contributed by atoms with van der Waals surface area (Å²) in [5.41, 5.74) is -1.54. The lowest BCUT2D eigenvalue weighted by Crippen LogP contribution is -2.54. The van der Waals surface area contributed by atoms with E-state index in [0.29, 0.717) is 24.8 Å². The maximum absolute atomic E-state index is 12.6. The lowest BCUT2D eigenvalue weighted by atomic mass is 9.66. The fourth-order valence-electron chi connectivity index (χ4n) is 5.56. The van der Waals surface area contributed by atoms with Gasteiger partial charge >= 0.3 is 11.9 Å². The van der Waals surface area contributed by atoms with E-state index in [-0.39, 0.29) is 29.9 Å². The van der Waals surface area contributed by atoms with Crippen LogP contribution in [0.15, 0.2) is 11.6 Å². The molecule has 158 valence electrons. The van der Waals surface area contributed by atoms with Gasteiger partial charge in [-0.25, -0.2) is 4.79 Å². The van der Waals surface area contributed by atoms with E-state index in [1.807, 2.05) is 27.7 Å². The first-order valence-corrected chi connectivity index (χ1v) is 10.3. The molecule has 1 N–H and O–H groups in total. The summed E-state index contributed by atoms with van der Waals surface area (Å²) >= 11 is 0. The number of carbonyl (C=O) groups is 2. The van der Waals surface area contributed by atoms with E-state index in [4.69, 9.17) is 14.2 Å². The molecule has 0 bridgehead atoms. The average molecular weight is 395 g/mol. The number of fused-ring (bicyclic) bond motifs is 2. The highest BCUT2D eigenvalue weighted by atomic mass is 16.6. The highest BCUT2D eigenvalue weighted by Crippen LogP contribution is 2.64. The minimum Gasteiger partial charge on any atom is -0.459 e. The normalized spacial score (nSPS) is 45.1. The van der Waals surface area contributed by atoms with E-state index in [1.165, 1.54) is 6.92 Å². The van der Waals surface area contributed by atoms with Gasteiger partial charge in [-0.05, 0) is 39.5 Å². The Labute approximate surface area is 167 Å². The van der Waals surface area contributed by atoms with Gasteiger partial charge in [0.2, 0.25) is 0 Å². The van der Waals surface area contributed by atoms with E-state index in [2.05, 4.69) is 0 Å². The SMILES string of the molecule is CC=C(C)C(=O)OC1C[C@@]2(C)OC2C(OC(C)=O)[C@@]2(C)CC[C@@](O)(C(C)C)C12. The van der Waals surface area contributed by atoms with Crippen LogP contribution in [-0.4, -0.2) is 46.6 Å². The molecule has 6 nitrogen and oxygen atoms in total. The minimum atomic E-state index is -1.00. The van der Waals surface area contributed by atoms with Crippen LogP contribution in [-0.2, 0) is 23.8 Å². The third-order valence-electron chi connectivity index (χ3n) is 7.46. The zero-order valence-electron chi connectivity index (χ0n) is 18.1. The van der Waals surface area contributed by atoms with Gasteiger partial charge in [-0.3, -0.25) is 4.79 Å². The van der Waals surface area contributed by atoms with Crippen LogP contribution in [0.1, 0.15) is 67.7 Å². The third kappa shape index (κ3) is 3.18. The molecule has 4 unspecified atom stereocenters. The second-order valence-electron chi connectivity index (χ2n) is 9.63. The summed E-state index contributed by atoms with van der Waals surface area (Å²) < 4.78 is 17.7. The standard InChI is InChI=1S/C22H34O6/c1-8-13(4)19(24)27-15-11-21(7)18(28-21)17(26-14(5)23)20(6)9-10-22(25,12(2)3)16(15)20/h8,12,15-18,25H,9-11H2,1-7H3/t15?,16?,17?,18?,20-,21+,22+/m0/s1. The number of carbonyl (C=O) groups excluding carboxylic acids is 2. The van der Waals surface area contributed by atoms with Crippen LogP contribution in [0.3, 0.4) is 0 Å². The molecule has 0 amide bonds. The summed E-state index contributed by atoms with van der Waals surface area (Å²) in [5.74, 6) is -1.10. The zero-order chi connectivity index (χ0) is 21.1. The second kappa shape index (κ2) is 6.84. The van der Waals surface area contributed by atoms with Crippen molar-refractivity contribution in [2.75, 3.05) is 0 Å². The number of aliphatic hydroxyl groups is 1. The molecule has 2 saturated carbocycles. The Morgan fingerprint density at radius 2 is 1.82 bits per heavy atom. The fraction of sp³-hybridized carbons (Fsp3) is 0.818. The van der Waals surface area contributed by atoms with Gasteiger partial charge in [-0.2, -0.15) is 0 Å². The maximum Gasteiger partial charge on any atom is 0.333 e. The molecule has 0 aromatic carbocycles. The van der Waals surface area contributed by atoms with Crippen LogP contribution < -0.4 is 0 Å². The molecule has 6 heteroatoms. The smallest absolute Gasteiger partial charge is 0.333 e. The largest absolute Gasteiger partial charge is 0.459 e. The second-order valence-corrected chi connectivity index (χ2v) is 9.63. The molecule has 0 aromatic heterocycles. The highest BCUT2D eigenvalue weighted by molar-refractivity contribution is 5.87.